The third kappa shape index (κ3) is 2.05. The van der Waals surface area contributed by atoms with Gasteiger partial charge in [-0.15, -0.1) is 0 Å². The molecule has 0 aliphatic carbocycles. The number of hydrogen-bond donors (Lipinski definition) is 1. The molecule has 2 rings (SSSR count). The third-order valence-electron chi connectivity index (χ3n) is 2.06. The summed E-state index contributed by atoms with van der Waals surface area (Å²) in [6, 6.07) is 4.46. The van der Waals surface area contributed by atoms with Crippen LogP contribution in [0.4, 0.5) is 8.78 Å². The van der Waals surface area contributed by atoms with Crippen molar-refractivity contribution in [3.63, 3.8) is 0 Å². The molecule has 0 radical (unpaired) electrons. The second-order valence-corrected chi connectivity index (χ2v) is 3.16. The van der Waals surface area contributed by atoms with Gasteiger partial charge in [-0.1, -0.05) is 0 Å². The first kappa shape index (κ1) is 9.86. The average Bonchev–Trinajstić information content (AvgIpc) is 2.67. The minimum absolute atomic E-state index is 0.161. The molecule has 2 aromatic rings. The normalized spacial score (nSPS) is 12.7. The molecule has 0 aliphatic rings. The van der Waals surface area contributed by atoms with Crippen molar-refractivity contribution in [1.29, 1.82) is 0 Å². The van der Waals surface area contributed by atoms with Crippen molar-refractivity contribution in [3.05, 3.63) is 59.6 Å². The molecule has 4 heteroatoms. The highest BCUT2D eigenvalue weighted by Gasteiger charge is 2.13. The van der Waals surface area contributed by atoms with Crippen LogP contribution in [0.15, 0.2) is 41.2 Å². The lowest BCUT2D eigenvalue weighted by molar-refractivity contribution is 0.218. The molecule has 2 nitrogen and oxygen atoms in total. The molecule has 0 spiro atoms. The van der Waals surface area contributed by atoms with Crippen LogP contribution in [0, 0.1) is 11.6 Å². The van der Waals surface area contributed by atoms with E-state index in [-0.39, 0.29) is 5.56 Å². The summed E-state index contributed by atoms with van der Waals surface area (Å²) in [5, 5.41) is 9.74. The van der Waals surface area contributed by atoms with E-state index >= 15 is 0 Å². The molecule has 78 valence electrons. The highest BCUT2D eigenvalue weighted by Crippen LogP contribution is 2.23. The molecule has 1 heterocycles. The largest absolute Gasteiger partial charge is 0.472 e. The first-order chi connectivity index (χ1) is 7.16. The van der Waals surface area contributed by atoms with Crippen molar-refractivity contribution in [2.75, 3.05) is 0 Å². The van der Waals surface area contributed by atoms with E-state index in [0.717, 1.165) is 18.2 Å². The molecular formula is C11H8F2O2. The van der Waals surface area contributed by atoms with Gasteiger partial charge in [0.05, 0.1) is 12.5 Å². The Bertz CT molecular complexity index is 431. The standard InChI is InChI=1S/C11H8F2O2/c12-9-3-8(4-10(13)5-9)11(14)7-1-2-15-6-7/h1-6,11,14H/t11-/m1/s1. The number of hydrogen-bond acceptors (Lipinski definition) is 2. The van der Waals surface area contributed by atoms with E-state index in [1.807, 2.05) is 0 Å². The van der Waals surface area contributed by atoms with Crippen LogP contribution in [0.3, 0.4) is 0 Å². The zero-order valence-electron chi connectivity index (χ0n) is 7.65. The van der Waals surface area contributed by atoms with Crippen molar-refractivity contribution in [3.8, 4) is 0 Å². The van der Waals surface area contributed by atoms with Crippen LogP contribution in [0.2, 0.25) is 0 Å². The Morgan fingerprint density at radius 1 is 1.07 bits per heavy atom. The molecule has 0 unspecified atom stereocenters. The van der Waals surface area contributed by atoms with Crippen LogP contribution in [0.25, 0.3) is 0 Å². The molecular weight excluding hydrogens is 202 g/mol. The second-order valence-electron chi connectivity index (χ2n) is 3.16. The lowest BCUT2D eigenvalue weighted by Crippen LogP contribution is -1.99. The van der Waals surface area contributed by atoms with E-state index in [1.54, 1.807) is 0 Å². The summed E-state index contributed by atoms with van der Waals surface area (Å²) in [5.41, 5.74) is 0.619. The van der Waals surface area contributed by atoms with Gasteiger partial charge in [0.15, 0.2) is 0 Å². The molecule has 0 saturated carbocycles. The summed E-state index contributed by atoms with van der Waals surface area (Å²) in [6.07, 6.45) is 1.63. The summed E-state index contributed by atoms with van der Waals surface area (Å²) in [5.74, 6) is -1.43. The summed E-state index contributed by atoms with van der Waals surface area (Å²) in [4.78, 5) is 0. The topological polar surface area (TPSA) is 33.4 Å². The number of aliphatic hydroxyl groups excluding tert-OH is 1. The maximum absolute atomic E-state index is 12.9. The highest BCUT2D eigenvalue weighted by atomic mass is 19.1. The Kier molecular flexibility index (Phi) is 2.51. The predicted octanol–water partition coefficient (Wildman–Crippen LogP) is 2.64. The van der Waals surface area contributed by atoms with Crippen LogP contribution in [-0.2, 0) is 0 Å². The highest BCUT2D eigenvalue weighted by molar-refractivity contribution is 5.28. The molecule has 0 amide bonds. The van der Waals surface area contributed by atoms with Gasteiger partial charge in [0.2, 0.25) is 0 Å². The van der Waals surface area contributed by atoms with Gasteiger partial charge in [0, 0.05) is 11.6 Å². The second kappa shape index (κ2) is 3.82. The van der Waals surface area contributed by atoms with Crippen LogP contribution in [-0.4, -0.2) is 5.11 Å². The number of rotatable bonds is 2. The Morgan fingerprint density at radius 3 is 2.27 bits per heavy atom. The van der Waals surface area contributed by atoms with Crippen molar-refractivity contribution >= 4 is 0 Å². The van der Waals surface area contributed by atoms with E-state index in [4.69, 9.17) is 4.42 Å². The van der Waals surface area contributed by atoms with Crippen LogP contribution >= 0.6 is 0 Å². The van der Waals surface area contributed by atoms with Gasteiger partial charge in [-0.3, -0.25) is 0 Å². The fourth-order valence-electron chi connectivity index (χ4n) is 1.36. The van der Waals surface area contributed by atoms with Crippen LogP contribution in [0.5, 0.6) is 0 Å². The molecule has 1 N–H and O–H groups in total. The van der Waals surface area contributed by atoms with E-state index in [1.165, 1.54) is 18.6 Å². The Morgan fingerprint density at radius 2 is 1.73 bits per heavy atom. The zero-order valence-corrected chi connectivity index (χ0v) is 7.65. The van der Waals surface area contributed by atoms with Crippen molar-refractivity contribution in [2.24, 2.45) is 0 Å². The summed E-state index contributed by atoms with van der Waals surface area (Å²) in [7, 11) is 0. The minimum Gasteiger partial charge on any atom is -0.472 e. The third-order valence-corrected chi connectivity index (χ3v) is 2.06. The molecule has 0 bridgehead atoms. The number of aliphatic hydroxyl groups is 1. The van der Waals surface area contributed by atoms with Crippen LogP contribution < -0.4 is 0 Å². The average molecular weight is 210 g/mol. The molecule has 0 aliphatic heterocycles. The molecule has 15 heavy (non-hydrogen) atoms. The Labute approximate surface area is 84.8 Å². The van der Waals surface area contributed by atoms with Gasteiger partial charge >= 0.3 is 0 Å². The molecule has 1 aromatic carbocycles. The Hall–Kier alpha value is -1.68. The van der Waals surface area contributed by atoms with Crippen molar-refractivity contribution in [2.45, 2.75) is 6.10 Å². The monoisotopic (exact) mass is 210 g/mol. The Balaban J connectivity index is 2.37. The van der Waals surface area contributed by atoms with Crippen LogP contribution in [0.1, 0.15) is 17.2 Å². The lowest BCUT2D eigenvalue weighted by atomic mass is 10.0. The van der Waals surface area contributed by atoms with Crippen molar-refractivity contribution < 1.29 is 18.3 Å². The number of furan rings is 1. The quantitative estimate of drug-likeness (QED) is 0.826. The van der Waals surface area contributed by atoms with Crippen molar-refractivity contribution in [1.82, 2.24) is 0 Å². The minimum atomic E-state index is -1.08. The molecule has 0 saturated heterocycles. The van der Waals surface area contributed by atoms with E-state index in [0.29, 0.717) is 5.56 Å². The SMILES string of the molecule is O[C@H](c1ccoc1)c1cc(F)cc(F)c1. The maximum atomic E-state index is 12.9. The van der Waals surface area contributed by atoms with Gasteiger partial charge in [-0.25, -0.2) is 8.78 Å². The summed E-state index contributed by atoms with van der Waals surface area (Å²) >= 11 is 0. The fraction of sp³-hybridized carbons (Fsp3) is 0.0909. The zero-order chi connectivity index (χ0) is 10.8. The molecule has 1 aromatic heterocycles. The van der Waals surface area contributed by atoms with Gasteiger partial charge in [-0.05, 0) is 23.8 Å². The number of benzene rings is 1. The van der Waals surface area contributed by atoms with E-state index in [2.05, 4.69) is 0 Å². The molecule has 1 atom stereocenters. The van der Waals surface area contributed by atoms with Gasteiger partial charge in [0.25, 0.3) is 0 Å². The summed E-state index contributed by atoms with van der Waals surface area (Å²) < 4.78 is 30.5. The van der Waals surface area contributed by atoms with Gasteiger partial charge in [0.1, 0.15) is 17.7 Å². The van der Waals surface area contributed by atoms with E-state index in [9.17, 15) is 13.9 Å². The smallest absolute Gasteiger partial charge is 0.126 e. The first-order valence-corrected chi connectivity index (χ1v) is 4.33. The fourth-order valence-corrected chi connectivity index (χ4v) is 1.36. The first-order valence-electron chi connectivity index (χ1n) is 4.33. The van der Waals surface area contributed by atoms with Gasteiger partial charge in [-0.2, -0.15) is 0 Å². The van der Waals surface area contributed by atoms with E-state index < -0.39 is 17.7 Å². The lowest BCUT2D eigenvalue weighted by Gasteiger charge is -2.08. The van der Waals surface area contributed by atoms with Gasteiger partial charge < -0.3 is 9.52 Å². The summed E-state index contributed by atoms with van der Waals surface area (Å²) in [6.45, 7) is 0. The molecule has 0 fully saturated rings. The maximum Gasteiger partial charge on any atom is 0.126 e. The predicted molar refractivity (Wildman–Crippen MR) is 49.1 cm³/mol. The number of halogens is 2.